The molecule has 2 aliphatic rings. The first kappa shape index (κ1) is 16.2. The monoisotopic (exact) mass is 319 g/mol. The lowest BCUT2D eigenvalue weighted by Crippen LogP contribution is -2.43. The summed E-state index contributed by atoms with van der Waals surface area (Å²) in [6, 6.07) is 4.39. The molecular weight excluding hydrogens is 294 g/mol. The first-order valence-corrected chi connectivity index (χ1v) is 8.22. The number of rotatable bonds is 7. The minimum Gasteiger partial charge on any atom is -0.490 e. The van der Waals surface area contributed by atoms with Crippen LogP contribution in [0.2, 0.25) is 0 Å². The highest BCUT2D eigenvalue weighted by molar-refractivity contribution is 5.78. The van der Waals surface area contributed by atoms with Gasteiger partial charge in [-0.05, 0) is 31.4 Å². The molecule has 1 saturated carbocycles. The van der Waals surface area contributed by atoms with Crippen molar-refractivity contribution >= 4 is 5.91 Å². The van der Waals surface area contributed by atoms with Gasteiger partial charge in [-0.3, -0.25) is 14.7 Å². The SMILES string of the molecule is CO[C@@H]1C[C@@H](COc2cccnc2)N(CC(=O)N(C)C2CC2)C1. The quantitative estimate of drug-likeness (QED) is 0.755. The molecule has 1 aliphatic carbocycles. The summed E-state index contributed by atoms with van der Waals surface area (Å²) in [6.07, 6.45) is 6.75. The largest absolute Gasteiger partial charge is 0.490 e. The summed E-state index contributed by atoms with van der Waals surface area (Å²) in [4.78, 5) is 20.5. The van der Waals surface area contributed by atoms with E-state index in [4.69, 9.17) is 9.47 Å². The summed E-state index contributed by atoms with van der Waals surface area (Å²) < 4.78 is 11.3. The number of pyridine rings is 1. The van der Waals surface area contributed by atoms with E-state index in [-0.39, 0.29) is 18.1 Å². The number of amides is 1. The Balaban J connectivity index is 1.56. The van der Waals surface area contributed by atoms with Gasteiger partial charge < -0.3 is 14.4 Å². The van der Waals surface area contributed by atoms with Gasteiger partial charge in [0.25, 0.3) is 0 Å². The van der Waals surface area contributed by atoms with Crippen LogP contribution in [-0.4, -0.2) is 72.7 Å². The predicted octanol–water partition coefficient (Wildman–Crippen LogP) is 1.17. The van der Waals surface area contributed by atoms with E-state index < -0.39 is 0 Å². The Morgan fingerprint density at radius 2 is 2.30 bits per heavy atom. The lowest BCUT2D eigenvalue weighted by atomic mass is 10.2. The summed E-state index contributed by atoms with van der Waals surface area (Å²) in [5.74, 6) is 0.949. The molecule has 0 N–H and O–H groups in total. The van der Waals surface area contributed by atoms with E-state index in [1.807, 2.05) is 24.1 Å². The van der Waals surface area contributed by atoms with Gasteiger partial charge in [-0.2, -0.15) is 0 Å². The fourth-order valence-corrected chi connectivity index (χ4v) is 3.05. The fraction of sp³-hybridized carbons (Fsp3) is 0.647. The number of hydrogen-bond acceptors (Lipinski definition) is 5. The van der Waals surface area contributed by atoms with E-state index in [0.717, 1.165) is 31.6 Å². The molecule has 1 aromatic rings. The first-order chi connectivity index (χ1) is 11.2. The van der Waals surface area contributed by atoms with Crippen LogP contribution < -0.4 is 4.74 Å². The van der Waals surface area contributed by atoms with Gasteiger partial charge in [0.1, 0.15) is 12.4 Å². The Hall–Kier alpha value is -1.66. The van der Waals surface area contributed by atoms with E-state index in [9.17, 15) is 4.79 Å². The zero-order valence-electron chi connectivity index (χ0n) is 13.9. The smallest absolute Gasteiger partial charge is 0.236 e. The highest BCUT2D eigenvalue weighted by atomic mass is 16.5. The maximum atomic E-state index is 12.4. The molecule has 6 nitrogen and oxygen atoms in total. The number of methoxy groups -OCH3 is 1. The molecule has 3 rings (SSSR count). The van der Waals surface area contributed by atoms with Gasteiger partial charge in [0.05, 0.1) is 18.8 Å². The number of nitrogens with zero attached hydrogens (tertiary/aromatic N) is 3. The average Bonchev–Trinajstić information content (AvgIpc) is 3.35. The number of carbonyl (C=O) groups excluding carboxylic acids is 1. The molecule has 0 aromatic carbocycles. The molecule has 1 amide bonds. The van der Waals surface area contributed by atoms with Crippen molar-refractivity contribution in [3.05, 3.63) is 24.5 Å². The summed E-state index contributed by atoms with van der Waals surface area (Å²) >= 11 is 0. The van der Waals surface area contributed by atoms with Gasteiger partial charge >= 0.3 is 0 Å². The van der Waals surface area contributed by atoms with E-state index in [1.54, 1.807) is 19.5 Å². The Bertz CT molecular complexity index is 521. The molecule has 1 aromatic heterocycles. The van der Waals surface area contributed by atoms with Crippen LogP contribution in [0, 0.1) is 0 Å². The van der Waals surface area contributed by atoms with Gasteiger partial charge in [-0.1, -0.05) is 0 Å². The Morgan fingerprint density at radius 1 is 1.48 bits per heavy atom. The standard InChI is InChI=1S/C17H25N3O3/c1-19(13-5-6-13)17(21)11-20-10-16(22-2)8-14(20)12-23-15-4-3-7-18-9-15/h3-4,7,9,13-14,16H,5-6,8,10-12H2,1-2H3/t14-,16+/m0/s1. The molecule has 0 radical (unpaired) electrons. The molecule has 126 valence electrons. The molecule has 0 spiro atoms. The first-order valence-electron chi connectivity index (χ1n) is 8.22. The van der Waals surface area contributed by atoms with Crippen molar-refractivity contribution in [2.75, 3.05) is 33.9 Å². The second kappa shape index (κ2) is 7.27. The summed E-state index contributed by atoms with van der Waals surface area (Å²) in [7, 11) is 3.64. The molecule has 6 heteroatoms. The second-order valence-electron chi connectivity index (χ2n) is 6.41. The van der Waals surface area contributed by atoms with Crippen molar-refractivity contribution < 1.29 is 14.3 Å². The molecule has 2 atom stereocenters. The molecule has 0 bridgehead atoms. The van der Waals surface area contributed by atoms with Crippen molar-refractivity contribution in [1.29, 1.82) is 0 Å². The normalized spacial score (nSPS) is 24.6. The zero-order chi connectivity index (χ0) is 16.2. The molecule has 2 fully saturated rings. The van der Waals surface area contributed by atoms with Crippen LogP contribution >= 0.6 is 0 Å². The zero-order valence-corrected chi connectivity index (χ0v) is 13.9. The van der Waals surface area contributed by atoms with Crippen molar-refractivity contribution in [2.45, 2.75) is 37.5 Å². The van der Waals surface area contributed by atoms with Crippen LogP contribution in [0.3, 0.4) is 0 Å². The third-order valence-electron chi connectivity index (χ3n) is 4.73. The summed E-state index contributed by atoms with van der Waals surface area (Å²) in [5.41, 5.74) is 0. The molecular formula is C17H25N3O3. The minimum absolute atomic E-state index is 0.163. The Kier molecular flexibility index (Phi) is 5.13. The summed E-state index contributed by atoms with van der Waals surface area (Å²) in [6.45, 7) is 1.77. The predicted molar refractivity (Wildman–Crippen MR) is 86.3 cm³/mol. The maximum Gasteiger partial charge on any atom is 0.236 e. The van der Waals surface area contributed by atoms with Gasteiger partial charge in [0.15, 0.2) is 0 Å². The van der Waals surface area contributed by atoms with Crippen LogP contribution in [0.4, 0.5) is 0 Å². The Labute approximate surface area is 137 Å². The molecule has 1 saturated heterocycles. The topological polar surface area (TPSA) is 54.9 Å². The highest BCUT2D eigenvalue weighted by Crippen LogP contribution is 2.26. The van der Waals surface area contributed by atoms with E-state index >= 15 is 0 Å². The van der Waals surface area contributed by atoms with Crippen molar-refractivity contribution in [2.24, 2.45) is 0 Å². The highest BCUT2D eigenvalue weighted by Gasteiger charge is 2.36. The number of ether oxygens (including phenoxy) is 2. The number of hydrogen-bond donors (Lipinski definition) is 0. The summed E-state index contributed by atoms with van der Waals surface area (Å²) in [5, 5.41) is 0. The lowest BCUT2D eigenvalue weighted by molar-refractivity contribution is -0.132. The molecule has 1 aliphatic heterocycles. The third-order valence-corrected chi connectivity index (χ3v) is 4.73. The number of aromatic nitrogens is 1. The van der Waals surface area contributed by atoms with Crippen LogP contribution in [0.5, 0.6) is 5.75 Å². The molecule has 23 heavy (non-hydrogen) atoms. The lowest BCUT2D eigenvalue weighted by Gasteiger charge is -2.26. The van der Waals surface area contributed by atoms with Gasteiger partial charge in [0, 0.05) is 39.0 Å². The van der Waals surface area contributed by atoms with E-state index in [2.05, 4.69) is 9.88 Å². The van der Waals surface area contributed by atoms with Crippen molar-refractivity contribution in [3.8, 4) is 5.75 Å². The van der Waals surface area contributed by atoms with Gasteiger partial charge in [-0.25, -0.2) is 0 Å². The van der Waals surface area contributed by atoms with Crippen molar-refractivity contribution in [1.82, 2.24) is 14.8 Å². The number of carbonyl (C=O) groups is 1. The second-order valence-corrected chi connectivity index (χ2v) is 6.41. The fourth-order valence-electron chi connectivity index (χ4n) is 3.05. The minimum atomic E-state index is 0.163. The van der Waals surface area contributed by atoms with Crippen LogP contribution in [0.1, 0.15) is 19.3 Å². The van der Waals surface area contributed by atoms with Gasteiger partial charge in [-0.15, -0.1) is 0 Å². The van der Waals surface area contributed by atoms with Crippen molar-refractivity contribution in [3.63, 3.8) is 0 Å². The maximum absolute atomic E-state index is 12.4. The van der Waals surface area contributed by atoms with Crippen LogP contribution in [0.25, 0.3) is 0 Å². The van der Waals surface area contributed by atoms with E-state index in [0.29, 0.717) is 19.2 Å². The van der Waals surface area contributed by atoms with Crippen LogP contribution in [-0.2, 0) is 9.53 Å². The van der Waals surface area contributed by atoms with E-state index in [1.165, 1.54) is 0 Å². The van der Waals surface area contributed by atoms with Gasteiger partial charge in [0.2, 0.25) is 5.91 Å². The average molecular weight is 319 g/mol. The molecule has 2 heterocycles. The number of likely N-dealkylation sites (N-methyl/N-ethyl adjacent to an activating group) is 1. The molecule has 0 unspecified atom stereocenters. The third kappa shape index (κ3) is 4.20. The Morgan fingerprint density at radius 3 is 2.96 bits per heavy atom. The van der Waals surface area contributed by atoms with Crippen LogP contribution in [0.15, 0.2) is 24.5 Å². The number of likely N-dealkylation sites (tertiary alicyclic amines) is 1.